The highest BCUT2D eigenvalue weighted by Crippen LogP contribution is 2.31. The summed E-state index contributed by atoms with van der Waals surface area (Å²) in [6.45, 7) is 1.67. The Hall–Kier alpha value is -1.97. The zero-order valence-electron chi connectivity index (χ0n) is 11.0. The molecule has 1 atom stereocenters. The molecule has 1 unspecified atom stereocenters. The molecule has 0 aliphatic carbocycles. The van der Waals surface area contributed by atoms with Crippen LogP contribution in [0.25, 0.3) is 0 Å². The number of sulfonamides is 1. The summed E-state index contributed by atoms with van der Waals surface area (Å²) in [6.07, 6.45) is 0. The molecular weight excluding hydrogens is 314 g/mol. The van der Waals surface area contributed by atoms with E-state index in [0.29, 0.717) is 0 Å². The summed E-state index contributed by atoms with van der Waals surface area (Å²) in [4.78, 5) is 10.6. The molecule has 3 N–H and O–H groups in total. The number of hydrogen-bond acceptors (Lipinski definition) is 6. The highest BCUT2D eigenvalue weighted by Gasteiger charge is 2.29. The maximum atomic E-state index is 12.3. The molecule has 21 heavy (non-hydrogen) atoms. The van der Waals surface area contributed by atoms with E-state index in [-0.39, 0.29) is 5.69 Å². The van der Waals surface area contributed by atoms with Crippen molar-refractivity contribution in [1.82, 2.24) is 4.72 Å². The number of thiophene rings is 1. The molecule has 2 aromatic rings. The molecule has 1 heterocycles. The van der Waals surface area contributed by atoms with Gasteiger partial charge in [-0.2, -0.15) is 0 Å². The minimum atomic E-state index is -4.05. The SMILES string of the molecule is CC(NS(=O)(=O)c1cccc(N)c1[N+](=O)[O-])c1cccs1. The Labute approximate surface area is 125 Å². The molecule has 0 aliphatic heterocycles. The van der Waals surface area contributed by atoms with E-state index in [1.807, 2.05) is 5.38 Å². The Morgan fingerprint density at radius 2 is 2.05 bits per heavy atom. The first-order valence-electron chi connectivity index (χ1n) is 5.91. The fourth-order valence-corrected chi connectivity index (χ4v) is 4.08. The van der Waals surface area contributed by atoms with E-state index in [1.54, 1.807) is 19.1 Å². The third-order valence-electron chi connectivity index (χ3n) is 2.80. The van der Waals surface area contributed by atoms with Gasteiger partial charge in [-0.25, -0.2) is 13.1 Å². The van der Waals surface area contributed by atoms with Gasteiger partial charge in [0.1, 0.15) is 5.69 Å². The van der Waals surface area contributed by atoms with Crippen LogP contribution in [0.15, 0.2) is 40.6 Å². The molecule has 112 valence electrons. The lowest BCUT2D eigenvalue weighted by atomic mass is 10.3. The van der Waals surface area contributed by atoms with Gasteiger partial charge in [0.2, 0.25) is 10.0 Å². The summed E-state index contributed by atoms with van der Waals surface area (Å²) in [5.41, 5.74) is 4.72. The highest BCUT2D eigenvalue weighted by atomic mass is 32.2. The Bertz CT molecular complexity index is 757. The van der Waals surface area contributed by atoms with E-state index in [2.05, 4.69) is 4.72 Å². The van der Waals surface area contributed by atoms with Gasteiger partial charge in [-0.3, -0.25) is 10.1 Å². The van der Waals surface area contributed by atoms with Gasteiger partial charge >= 0.3 is 5.69 Å². The zero-order chi connectivity index (χ0) is 15.6. The predicted octanol–water partition coefficient (Wildman–Crippen LogP) is 2.28. The molecule has 0 saturated carbocycles. The van der Waals surface area contributed by atoms with Gasteiger partial charge in [0.15, 0.2) is 4.90 Å². The quantitative estimate of drug-likeness (QED) is 0.496. The van der Waals surface area contributed by atoms with Crippen LogP contribution < -0.4 is 10.5 Å². The number of anilines is 1. The first kappa shape index (κ1) is 15.4. The van der Waals surface area contributed by atoms with Crippen LogP contribution in [0.4, 0.5) is 11.4 Å². The lowest BCUT2D eigenvalue weighted by Gasteiger charge is -2.13. The molecule has 0 saturated heterocycles. The van der Waals surface area contributed by atoms with Gasteiger partial charge in [-0.15, -0.1) is 11.3 Å². The third-order valence-corrected chi connectivity index (χ3v) is 5.43. The summed E-state index contributed by atoms with van der Waals surface area (Å²) >= 11 is 1.40. The number of nitrogen functional groups attached to an aromatic ring is 1. The smallest absolute Gasteiger partial charge is 0.312 e. The summed E-state index contributed by atoms with van der Waals surface area (Å²) in [5, 5.41) is 12.9. The first-order chi connectivity index (χ1) is 9.83. The predicted molar refractivity (Wildman–Crippen MR) is 80.6 cm³/mol. The van der Waals surface area contributed by atoms with Crippen molar-refractivity contribution in [1.29, 1.82) is 0 Å². The van der Waals surface area contributed by atoms with Crippen molar-refractivity contribution in [3.63, 3.8) is 0 Å². The van der Waals surface area contributed by atoms with Crippen LogP contribution in [-0.4, -0.2) is 13.3 Å². The highest BCUT2D eigenvalue weighted by molar-refractivity contribution is 7.89. The molecule has 0 fully saturated rings. The van der Waals surface area contributed by atoms with Crippen LogP contribution >= 0.6 is 11.3 Å². The van der Waals surface area contributed by atoms with E-state index < -0.39 is 31.6 Å². The summed E-state index contributed by atoms with van der Waals surface area (Å²) in [5.74, 6) is 0. The number of nitrogens with two attached hydrogens (primary N) is 1. The number of nitrogens with zero attached hydrogens (tertiary/aromatic N) is 1. The summed E-state index contributed by atoms with van der Waals surface area (Å²) < 4.78 is 27.1. The van der Waals surface area contributed by atoms with Crippen molar-refractivity contribution in [3.05, 3.63) is 50.7 Å². The number of hydrogen-bond donors (Lipinski definition) is 2. The van der Waals surface area contributed by atoms with Gasteiger partial charge in [0, 0.05) is 4.88 Å². The third kappa shape index (κ3) is 3.20. The number of benzene rings is 1. The van der Waals surface area contributed by atoms with Crippen LogP contribution in [0.3, 0.4) is 0 Å². The molecule has 1 aromatic heterocycles. The van der Waals surface area contributed by atoms with E-state index in [0.717, 1.165) is 10.9 Å². The lowest BCUT2D eigenvalue weighted by molar-refractivity contribution is -0.386. The van der Waals surface area contributed by atoms with E-state index in [1.165, 1.54) is 23.5 Å². The van der Waals surface area contributed by atoms with Crippen molar-refractivity contribution < 1.29 is 13.3 Å². The molecule has 1 aromatic carbocycles. The van der Waals surface area contributed by atoms with Crippen LogP contribution in [0.2, 0.25) is 0 Å². The molecular formula is C12H13N3O4S2. The molecule has 0 bridgehead atoms. The summed E-state index contributed by atoms with van der Waals surface area (Å²) in [6, 6.07) is 6.92. The van der Waals surface area contributed by atoms with Gasteiger partial charge < -0.3 is 5.73 Å². The van der Waals surface area contributed by atoms with Gasteiger partial charge in [-0.05, 0) is 30.5 Å². The fraction of sp³-hybridized carbons (Fsp3) is 0.167. The van der Waals surface area contributed by atoms with E-state index >= 15 is 0 Å². The standard InChI is InChI=1S/C12H13N3O4S2/c1-8(10-5-3-7-20-10)14-21(18,19)11-6-2-4-9(13)12(11)15(16)17/h2-8,14H,13H2,1H3. The molecule has 0 spiro atoms. The van der Waals surface area contributed by atoms with Crippen LogP contribution in [0.1, 0.15) is 17.8 Å². The molecule has 0 aliphatic rings. The minimum Gasteiger partial charge on any atom is -0.393 e. The first-order valence-corrected chi connectivity index (χ1v) is 8.28. The van der Waals surface area contributed by atoms with Gasteiger partial charge in [0.05, 0.1) is 11.0 Å². The number of rotatable bonds is 5. The Kier molecular flexibility index (Phi) is 4.26. The van der Waals surface area contributed by atoms with Crippen LogP contribution in [0.5, 0.6) is 0 Å². The van der Waals surface area contributed by atoms with Gasteiger partial charge in [-0.1, -0.05) is 12.1 Å². The minimum absolute atomic E-state index is 0.188. The normalized spacial score (nSPS) is 13.0. The number of nitrogens with one attached hydrogen (secondary N) is 1. The summed E-state index contributed by atoms with van der Waals surface area (Å²) in [7, 11) is -4.05. The molecule has 0 radical (unpaired) electrons. The number of para-hydroxylation sites is 1. The Morgan fingerprint density at radius 3 is 2.62 bits per heavy atom. The largest absolute Gasteiger partial charge is 0.393 e. The zero-order valence-corrected chi connectivity index (χ0v) is 12.6. The second-order valence-electron chi connectivity index (χ2n) is 4.31. The maximum Gasteiger partial charge on any atom is 0.312 e. The molecule has 7 nitrogen and oxygen atoms in total. The van der Waals surface area contributed by atoms with Crippen molar-refractivity contribution in [3.8, 4) is 0 Å². The molecule has 2 rings (SSSR count). The maximum absolute atomic E-state index is 12.3. The Morgan fingerprint density at radius 1 is 1.33 bits per heavy atom. The monoisotopic (exact) mass is 327 g/mol. The fourth-order valence-electron chi connectivity index (χ4n) is 1.84. The average molecular weight is 327 g/mol. The number of nitro groups is 1. The van der Waals surface area contributed by atoms with Crippen LogP contribution in [0, 0.1) is 10.1 Å². The van der Waals surface area contributed by atoms with Crippen molar-refractivity contribution in [2.75, 3.05) is 5.73 Å². The van der Waals surface area contributed by atoms with Gasteiger partial charge in [0.25, 0.3) is 0 Å². The van der Waals surface area contributed by atoms with Crippen LogP contribution in [-0.2, 0) is 10.0 Å². The lowest BCUT2D eigenvalue weighted by Crippen LogP contribution is -2.27. The second-order valence-corrected chi connectivity index (χ2v) is 6.97. The molecule has 0 amide bonds. The number of nitro benzene ring substituents is 1. The van der Waals surface area contributed by atoms with Crippen molar-refractivity contribution >= 4 is 32.7 Å². The topological polar surface area (TPSA) is 115 Å². The van der Waals surface area contributed by atoms with E-state index in [9.17, 15) is 18.5 Å². The second kappa shape index (κ2) is 5.80. The van der Waals surface area contributed by atoms with E-state index in [4.69, 9.17) is 5.73 Å². The molecule has 9 heteroatoms. The Balaban J connectivity index is 2.41. The average Bonchev–Trinajstić information content (AvgIpc) is 2.91. The van der Waals surface area contributed by atoms with Crippen molar-refractivity contribution in [2.45, 2.75) is 17.9 Å². The van der Waals surface area contributed by atoms with Crippen molar-refractivity contribution in [2.24, 2.45) is 0 Å².